The van der Waals surface area contributed by atoms with E-state index in [0.717, 1.165) is 24.1 Å². The summed E-state index contributed by atoms with van der Waals surface area (Å²) in [5.74, 6) is 0.762. The molecule has 0 radical (unpaired) electrons. The van der Waals surface area contributed by atoms with Crippen LogP contribution in [0, 0.1) is 0 Å². The Kier molecular flexibility index (Phi) is 10.4. The second kappa shape index (κ2) is 12.0. The minimum atomic E-state index is -0.259. The highest BCUT2D eigenvalue weighted by Gasteiger charge is 2.20. The van der Waals surface area contributed by atoms with Gasteiger partial charge in [0.05, 0.1) is 13.1 Å². The third kappa shape index (κ3) is 9.47. The van der Waals surface area contributed by atoms with Crippen molar-refractivity contribution in [1.82, 2.24) is 20.9 Å². The van der Waals surface area contributed by atoms with Crippen molar-refractivity contribution in [1.29, 1.82) is 0 Å². The minimum Gasteiger partial charge on any atom is -0.357 e. The van der Waals surface area contributed by atoms with Crippen LogP contribution in [0.25, 0.3) is 0 Å². The molecule has 1 aliphatic rings. The zero-order chi connectivity index (χ0) is 20.6. The number of guanidine groups is 1. The Hall–Kier alpha value is -1.84. The van der Waals surface area contributed by atoms with Crippen LogP contribution in [0.3, 0.4) is 0 Å². The Labute approximate surface area is 191 Å². The van der Waals surface area contributed by atoms with Gasteiger partial charge < -0.3 is 20.9 Å². The highest BCUT2D eigenvalue weighted by atomic mass is 127. The molecule has 162 valence electrons. The van der Waals surface area contributed by atoms with Crippen LogP contribution in [0.15, 0.2) is 29.3 Å². The summed E-state index contributed by atoms with van der Waals surface area (Å²) in [6.45, 7) is 10.7. The van der Waals surface area contributed by atoms with Gasteiger partial charge >= 0.3 is 0 Å². The average molecular weight is 515 g/mol. The molecule has 0 saturated carbocycles. The highest BCUT2D eigenvalue weighted by Crippen LogP contribution is 2.15. The molecule has 8 heteroatoms. The van der Waals surface area contributed by atoms with Gasteiger partial charge in [0.1, 0.15) is 0 Å². The van der Waals surface area contributed by atoms with Gasteiger partial charge in [-0.2, -0.15) is 0 Å². The van der Waals surface area contributed by atoms with Crippen LogP contribution < -0.4 is 16.0 Å². The smallest absolute Gasteiger partial charge is 0.239 e. The molecule has 1 fully saturated rings. The summed E-state index contributed by atoms with van der Waals surface area (Å²) < 4.78 is 0. The molecule has 1 aliphatic heterocycles. The zero-order valence-corrected chi connectivity index (χ0v) is 20.2. The van der Waals surface area contributed by atoms with Crippen molar-refractivity contribution in [3.05, 3.63) is 35.4 Å². The topological polar surface area (TPSA) is 85.8 Å². The fourth-order valence-electron chi connectivity index (χ4n) is 3.06. The zero-order valence-electron chi connectivity index (χ0n) is 17.9. The SMILES string of the molecule is CCNC(=NCc1cccc(CN2CCCC2=O)c1)NCC(=O)NC(C)(C)C.I. The van der Waals surface area contributed by atoms with E-state index in [1.54, 1.807) is 0 Å². The molecule has 29 heavy (non-hydrogen) atoms. The predicted octanol–water partition coefficient (Wildman–Crippen LogP) is 2.40. The van der Waals surface area contributed by atoms with Crippen molar-refractivity contribution in [2.24, 2.45) is 4.99 Å². The van der Waals surface area contributed by atoms with E-state index in [4.69, 9.17) is 0 Å². The number of carbonyl (C=O) groups is 2. The molecular formula is C21H34IN5O2. The maximum absolute atomic E-state index is 12.0. The number of amides is 2. The Bertz CT molecular complexity index is 715. The number of halogens is 1. The van der Waals surface area contributed by atoms with Gasteiger partial charge in [-0.1, -0.05) is 24.3 Å². The van der Waals surface area contributed by atoms with Crippen molar-refractivity contribution in [3.8, 4) is 0 Å². The fraction of sp³-hybridized carbons (Fsp3) is 0.571. The molecule has 0 unspecified atom stereocenters. The molecule has 1 saturated heterocycles. The molecular weight excluding hydrogens is 481 g/mol. The van der Waals surface area contributed by atoms with Gasteiger partial charge in [0.15, 0.2) is 5.96 Å². The second-order valence-electron chi connectivity index (χ2n) is 8.09. The monoisotopic (exact) mass is 515 g/mol. The van der Waals surface area contributed by atoms with Crippen molar-refractivity contribution >= 4 is 41.8 Å². The molecule has 1 aromatic rings. The van der Waals surface area contributed by atoms with E-state index < -0.39 is 0 Å². The summed E-state index contributed by atoms with van der Waals surface area (Å²) in [7, 11) is 0. The molecule has 2 amide bonds. The van der Waals surface area contributed by atoms with E-state index in [0.29, 0.717) is 32.0 Å². The molecule has 0 aliphatic carbocycles. The Balaban J connectivity index is 0.00000420. The lowest BCUT2D eigenvalue weighted by molar-refractivity contribution is -0.128. The van der Waals surface area contributed by atoms with Crippen LogP contribution in [0.2, 0.25) is 0 Å². The number of aliphatic imine (C=N–C) groups is 1. The van der Waals surface area contributed by atoms with Crippen LogP contribution in [0.5, 0.6) is 0 Å². The van der Waals surface area contributed by atoms with E-state index >= 15 is 0 Å². The van der Waals surface area contributed by atoms with E-state index in [2.05, 4.69) is 27.0 Å². The number of nitrogens with one attached hydrogen (secondary N) is 3. The van der Waals surface area contributed by atoms with Crippen molar-refractivity contribution in [2.45, 2.75) is 59.2 Å². The molecule has 0 spiro atoms. The maximum Gasteiger partial charge on any atom is 0.239 e. The average Bonchev–Trinajstić information content (AvgIpc) is 3.01. The van der Waals surface area contributed by atoms with Gasteiger partial charge in [0.2, 0.25) is 11.8 Å². The third-order valence-electron chi connectivity index (χ3n) is 4.23. The van der Waals surface area contributed by atoms with Crippen LogP contribution in [-0.2, 0) is 22.7 Å². The lowest BCUT2D eigenvalue weighted by atomic mass is 10.1. The lowest BCUT2D eigenvalue weighted by Crippen LogP contribution is -2.48. The van der Waals surface area contributed by atoms with Crippen LogP contribution in [-0.4, -0.2) is 47.8 Å². The summed E-state index contributed by atoms with van der Waals surface area (Å²) in [5, 5.41) is 9.14. The molecule has 1 aromatic carbocycles. The lowest BCUT2D eigenvalue weighted by Gasteiger charge is -2.21. The number of likely N-dealkylation sites (tertiary alicyclic amines) is 1. The van der Waals surface area contributed by atoms with Gasteiger partial charge in [-0.05, 0) is 45.2 Å². The van der Waals surface area contributed by atoms with Crippen molar-refractivity contribution in [3.63, 3.8) is 0 Å². The quantitative estimate of drug-likeness (QED) is 0.296. The Morgan fingerprint density at radius 2 is 1.93 bits per heavy atom. The van der Waals surface area contributed by atoms with Crippen LogP contribution >= 0.6 is 24.0 Å². The number of rotatable bonds is 7. The molecule has 0 atom stereocenters. The minimum absolute atomic E-state index is 0. The molecule has 7 nitrogen and oxygen atoms in total. The molecule has 3 N–H and O–H groups in total. The summed E-state index contributed by atoms with van der Waals surface area (Å²) in [4.78, 5) is 30.3. The van der Waals surface area contributed by atoms with Gasteiger partial charge in [0.25, 0.3) is 0 Å². The van der Waals surface area contributed by atoms with Gasteiger partial charge in [-0.25, -0.2) is 4.99 Å². The standard InChI is InChI=1S/C21H33N5O2.HI/c1-5-22-20(24-14-18(27)25-21(2,3)4)23-13-16-8-6-9-17(12-16)15-26-11-7-10-19(26)28;/h6,8-9,12H,5,7,10-11,13-15H2,1-4H3,(H,25,27)(H2,22,23,24);1H. The first kappa shape index (κ1) is 25.2. The van der Waals surface area contributed by atoms with E-state index in [9.17, 15) is 9.59 Å². The number of nitrogens with zero attached hydrogens (tertiary/aromatic N) is 2. The largest absolute Gasteiger partial charge is 0.357 e. The first-order chi connectivity index (χ1) is 13.3. The third-order valence-corrected chi connectivity index (χ3v) is 4.23. The first-order valence-electron chi connectivity index (χ1n) is 9.95. The normalized spacial score (nSPS) is 14.4. The summed E-state index contributed by atoms with van der Waals surface area (Å²) in [5.41, 5.74) is 1.93. The second-order valence-corrected chi connectivity index (χ2v) is 8.09. The summed E-state index contributed by atoms with van der Waals surface area (Å²) >= 11 is 0. The van der Waals surface area contributed by atoms with E-state index in [-0.39, 0.29) is 47.9 Å². The Morgan fingerprint density at radius 3 is 2.55 bits per heavy atom. The first-order valence-corrected chi connectivity index (χ1v) is 9.95. The van der Waals surface area contributed by atoms with Gasteiger partial charge in [-0.3, -0.25) is 9.59 Å². The van der Waals surface area contributed by atoms with Crippen LogP contribution in [0.1, 0.15) is 51.7 Å². The fourth-order valence-corrected chi connectivity index (χ4v) is 3.06. The van der Waals surface area contributed by atoms with Crippen molar-refractivity contribution < 1.29 is 9.59 Å². The predicted molar refractivity (Wildman–Crippen MR) is 127 cm³/mol. The van der Waals surface area contributed by atoms with Crippen LogP contribution in [0.4, 0.5) is 0 Å². The van der Waals surface area contributed by atoms with E-state index in [1.165, 1.54) is 0 Å². The molecule has 0 bridgehead atoms. The summed E-state index contributed by atoms with van der Waals surface area (Å²) in [6.07, 6.45) is 1.60. The number of hydrogen-bond acceptors (Lipinski definition) is 3. The summed E-state index contributed by atoms with van der Waals surface area (Å²) in [6, 6.07) is 8.15. The Morgan fingerprint density at radius 1 is 1.21 bits per heavy atom. The highest BCUT2D eigenvalue weighted by molar-refractivity contribution is 14.0. The number of benzene rings is 1. The van der Waals surface area contributed by atoms with Crippen molar-refractivity contribution in [2.75, 3.05) is 19.6 Å². The molecule has 2 rings (SSSR count). The molecule has 0 aromatic heterocycles. The number of hydrogen-bond donors (Lipinski definition) is 3. The van der Waals surface area contributed by atoms with Gasteiger partial charge in [0, 0.05) is 31.6 Å². The number of carbonyl (C=O) groups excluding carboxylic acids is 2. The maximum atomic E-state index is 12.0. The van der Waals surface area contributed by atoms with Gasteiger partial charge in [-0.15, -0.1) is 24.0 Å². The van der Waals surface area contributed by atoms with E-state index in [1.807, 2.05) is 50.8 Å². The molecule has 1 heterocycles.